The lowest BCUT2D eigenvalue weighted by atomic mass is 10.2. The van der Waals surface area contributed by atoms with Crippen molar-refractivity contribution in [3.63, 3.8) is 0 Å². The highest BCUT2D eigenvalue weighted by molar-refractivity contribution is 9.10. The highest BCUT2D eigenvalue weighted by atomic mass is 79.9. The number of carbonyl (C=O) groups is 1. The Hall–Kier alpha value is -2.81. The molecular weight excluding hydrogens is 454 g/mol. The minimum atomic E-state index is -3.67. The molecule has 3 rings (SSSR count). The Morgan fingerprint density at radius 2 is 1.69 bits per heavy atom. The summed E-state index contributed by atoms with van der Waals surface area (Å²) < 4.78 is 28.4. The molecule has 0 bridgehead atoms. The number of benzene rings is 2. The summed E-state index contributed by atoms with van der Waals surface area (Å²) in [5, 5.41) is 2.69. The molecule has 148 valence electrons. The van der Waals surface area contributed by atoms with Gasteiger partial charge in [0.05, 0.1) is 4.90 Å². The lowest BCUT2D eigenvalue weighted by Gasteiger charge is -2.09. The van der Waals surface area contributed by atoms with Crippen molar-refractivity contribution in [1.29, 1.82) is 0 Å². The van der Waals surface area contributed by atoms with E-state index < -0.39 is 10.0 Å². The van der Waals surface area contributed by atoms with E-state index in [1.165, 1.54) is 18.2 Å². The van der Waals surface area contributed by atoms with Crippen molar-refractivity contribution >= 4 is 43.6 Å². The first-order valence-corrected chi connectivity index (χ1v) is 10.9. The molecule has 0 fully saturated rings. The van der Waals surface area contributed by atoms with E-state index in [2.05, 4.69) is 31.0 Å². The van der Waals surface area contributed by atoms with Crippen molar-refractivity contribution in [2.75, 3.05) is 5.32 Å². The maximum absolute atomic E-state index is 12.5. The molecule has 0 spiro atoms. The minimum Gasteiger partial charge on any atom is -0.323 e. The highest BCUT2D eigenvalue weighted by Crippen LogP contribution is 2.18. The standard InChI is InChI=1S/C21H18BrN3O3S/c22-20-4-2-1-3-17(20)15-24-29(27,28)19-8-6-18(7-9-19)25-21(26)10-5-16-11-13-23-14-12-16/h1-14,24H,15H2,(H,25,26)/b10-5+. The fourth-order valence-corrected chi connectivity index (χ4v) is 3.88. The largest absolute Gasteiger partial charge is 0.323 e. The number of pyridine rings is 1. The molecule has 0 aliphatic rings. The number of hydrogen-bond donors (Lipinski definition) is 2. The lowest BCUT2D eigenvalue weighted by Crippen LogP contribution is -2.23. The van der Waals surface area contributed by atoms with Crippen LogP contribution in [0.3, 0.4) is 0 Å². The second-order valence-electron chi connectivity index (χ2n) is 6.04. The van der Waals surface area contributed by atoms with Gasteiger partial charge in [-0.15, -0.1) is 0 Å². The van der Waals surface area contributed by atoms with Crippen LogP contribution in [-0.4, -0.2) is 19.3 Å². The van der Waals surface area contributed by atoms with Gasteiger partial charge in [-0.05, 0) is 59.7 Å². The van der Waals surface area contributed by atoms with Crippen molar-refractivity contribution in [2.24, 2.45) is 0 Å². The van der Waals surface area contributed by atoms with Crippen molar-refractivity contribution < 1.29 is 13.2 Å². The van der Waals surface area contributed by atoms with E-state index in [0.29, 0.717) is 5.69 Å². The summed E-state index contributed by atoms with van der Waals surface area (Å²) in [4.78, 5) is 16.0. The normalized spacial score (nSPS) is 11.5. The molecule has 2 aromatic carbocycles. The number of sulfonamides is 1. The average Bonchev–Trinajstić information content (AvgIpc) is 2.73. The van der Waals surface area contributed by atoms with E-state index in [-0.39, 0.29) is 17.3 Å². The quantitative estimate of drug-likeness (QED) is 0.510. The van der Waals surface area contributed by atoms with E-state index >= 15 is 0 Å². The van der Waals surface area contributed by atoms with Gasteiger partial charge < -0.3 is 5.32 Å². The lowest BCUT2D eigenvalue weighted by molar-refractivity contribution is -0.111. The Kier molecular flexibility index (Phi) is 6.92. The van der Waals surface area contributed by atoms with Crippen LogP contribution in [0.25, 0.3) is 6.08 Å². The Bertz CT molecular complexity index is 1120. The maximum Gasteiger partial charge on any atom is 0.248 e. The van der Waals surface area contributed by atoms with Gasteiger partial charge in [-0.1, -0.05) is 34.1 Å². The van der Waals surface area contributed by atoms with Gasteiger partial charge in [0.1, 0.15) is 0 Å². The van der Waals surface area contributed by atoms with Crippen LogP contribution >= 0.6 is 15.9 Å². The summed E-state index contributed by atoms with van der Waals surface area (Å²) in [6.07, 6.45) is 6.35. The SMILES string of the molecule is O=C(/C=C/c1ccncc1)Nc1ccc(S(=O)(=O)NCc2ccccc2Br)cc1. The van der Waals surface area contributed by atoms with E-state index in [1.54, 1.807) is 42.7 Å². The van der Waals surface area contributed by atoms with Crippen LogP contribution in [0.1, 0.15) is 11.1 Å². The number of nitrogens with zero attached hydrogens (tertiary/aromatic N) is 1. The Morgan fingerprint density at radius 1 is 1.00 bits per heavy atom. The van der Waals surface area contributed by atoms with Gasteiger partial charge in [-0.25, -0.2) is 13.1 Å². The van der Waals surface area contributed by atoms with Gasteiger partial charge in [-0.3, -0.25) is 9.78 Å². The van der Waals surface area contributed by atoms with Crippen molar-refractivity contribution in [2.45, 2.75) is 11.4 Å². The summed E-state index contributed by atoms with van der Waals surface area (Å²) in [5.74, 6) is -0.315. The van der Waals surface area contributed by atoms with Gasteiger partial charge in [0.15, 0.2) is 0 Å². The van der Waals surface area contributed by atoms with Crippen molar-refractivity contribution in [3.05, 3.63) is 94.7 Å². The molecule has 0 saturated carbocycles. The predicted octanol–water partition coefficient (Wildman–Crippen LogP) is 3.97. The first kappa shape index (κ1) is 20.9. The average molecular weight is 472 g/mol. The molecule has 1 amide bonds. The predicted molar refractivity (Wildman–Crippen MR) is 117 cm³/mol. The number of rotatable bonds is 7. The summed E-state index contributed by atoms with van der Waals surface area (Å²) in [6.45, 7) is 0.169. The van der Waals surface area contributed by atoms with Crippen LogP contribution < -0.4 is 10.0 Å². The number of anilines is 1. The highest BCUT2D eigenvalue weighted by Gasteiger charge is 2.14. The second kappa shape index (κ2) is 9.60. The Morgan fingerprint density at radius 3 is 2.38 bits per heavy atom. The number of carbonyl (C=O) groups excluding carboxylic acids is 1. The molecule has 2 N–H and O–H groups in total. The van der Waals surface area contributed by atoms with Gasteiger partial charge >= 0.3 is 0 Å². The van der Waals surface area contributed by atoms with E-state index in [1.807, 2.05) is 24.3 Å². The first-order valence-electron chi connectivity index (χ1n) is 8.66. The summed E-state index contributed by atoms with van der Waals surface area (Å²) >= 11 is 3.40. The molecule has 0 unspecified atom stereocenters. The third kappa shape index (κ3) is 6.08. The zero-order valence-electron chi connectivity index (χ0n) is 15.2. The molecule has 0 radical (unpaired) electrons. The van der Waals surface area contributed by atoms with E-state index in [4.69, 9.17) is 0 Å². The molecular formula is C21H18BrN3O3S. The van der Waals surface area contributed by atoms with Crippen LogP contribution in [0.2, 0.25) is 0 Å². The second-order valence-corrected chi connectivity index (χ2v) is 8.66. The van der Waals surface area contributed by atoms with Crippen LogP contribution in [-0.2, 0) is 21.4 Å². The Labute approximate surface area is 177 Å². The number of aromatic nitrogens is 1. The zero-order valence-corrected chi connectivity index (χ0v) is 17.7. The molecule has 1 heterocycles. The van der Waals surface area contributed by atoms with Crippen LogP contribution in [0.4, 0.5) is 5.69 Å². The van der Waals surface area contributed by atoms with E-state index in [0.717, 1.165) is 15.6 Å². The third-order valence-corrected chi connectivity index (χ3v) is 6.17. The first-order chi connectivity index (χ1) is 13.9. The smallest absolute Gasteiger partial charge is 0.248 e. The molecule has 8 heteroatoms. The summed E-state index contributed by atoms with van der Waals surface area (Å²) in [6, 6.07) is 17.0. The van der Waals surface area contributed by atoms with Crippen LogP contribution in [0.5, 0.6) is 0 Å². The fraction of sp³-hybridized carbons (Fsp3) is 0.0476. The monoisotopic (exact) mass is 471 g/mol. The third-order valence-electron chi connectivity index (χ3n) is 3.98. The van der Waals surface area contributed by atoms with Gasteiger partial charge in [-0.2, -0.15) is 0 Å². The summed E-state index contributed by atoms with van der Waals surface area (Å²) in [7, 11) is -3.67. The minimum absolute atomic E-state index is 0.120. The number of halogens is 1. The Balaban J connectivity index is 1.60. The van der Waals surface area contributed by atoms with Gasteiger partial charge in [0.2, 0.25) is 15.9 Å². The molecule has 3 aromatic rings. The number of amides is 1. The van der Waals surface area contributed by atoms with Crippen LogP contribution in [0, 0.1) is 0 Å². The molecule has 0 saturated heterocycles. The van der Waals surface area contributed by atoms with Crippen LogP contribution in [0.15, 0.2) is 88.5 Å². The van der Waals surface area contributed by atoms with Gasteiger partial charge in [0.25, 0.3) is 0 Å². The number of nitrogens with one attached hydrogen (secondary N) is 2. The van der Waals surface area contributed by atoms with Gasteiger partial charge in [0, 0.05) is 35.2 Å². The topological polar surface area (TPSA) is 88.2 Å². The van der Waals surface area contributed by atoms with E-state index in [9.17, 15) is 13.2 Å². The maximum atomic E-state index is 12.5. The molecule has 29 heavy (non-hydrogen) atoms. The molecule has 0 atom stereocenters. The number of hydrogen-bond acceptors (Lipinski definition) is 4. The molecule has 6 nitrogen and oxygen atoms in total. The van der Waals surface area contributed by atoms with Crippen molar-refractivity contribution in [3.8, 4) is 0 Å². The molecule has 1 aromatic heterocycles. The van der Waals surface area contributed by atoms with Crippen molar-refractivity contribution in [1.82, 2.24) is 9.71 Å². The molecule has 0 aliphatic heterocycles. The summed E-state index contributed by atoms with van der Waals surface area (Å²) in [5.41, 5.74) is 2.19. The zero-order chi connectivity index (χ0) is 20.7. The molecule has 0 aliphatic carbocycles. The fourth-order valence-electron chi connectivity index (χ4n) is 2.45.